The zero-order chi connectivity index (χ0) is 29.3. The molecule has 0 aliphatic rings. The van der Waals surface area contributed by atoms with Crippen LogP contribution in [0.5, 0.6) is 0 Å². The minimum Gasteiger partial charge on any atom is -0.352 e. The van der Waals surface area contributed by atoms with Gasteiger partial charge in [-0.25, -0.2) is 4.31 Å². The highest BCUT2D eigenvalue weighted by atomic mass is 32.2. The Balaban J connectivity index is 2.07. The molecule has 9 heteroatoms. The van der Waals surface area contributed by atoms with Crippen LogP contribution in [0.3, 0.4) is 0 Å². The van der Waals surface area contributed by atoms with E-state index in [0.717, 1.165) is 31.7 Å². The summed E-state index contributed by atoms with van der Waals surface area (Å²) in [7, 11) is -1.15. The summed E-state index contributed by atoms with van der Waals surface area (Å²) in [5.74, 6) is -0.754. The number of carbonyl (C=O) groups excluding carboxylic acids is 2. The summed E-state index contributed by atoms with van der Waals surface area (Å²) < 4.78 is 28.9. The van der Waals surface area contributed by atoms with Crippen LogP contribution in [0, 0.1) is 6.92 Å². The van der Waals surface area contributed by atoms with Gasteiger partial charge >= 0.3 is 10.2 Å². The van der Waals surface area contributed by atoms with E-state index in [4.69, 9.17) is 0 Å². The van der Waals surface area contributed by atoms with Crippen molar-refractivity contribution in [1.82, 2.24) is 14.5 Å². The van der Waals surface area contributed by atoms with Crippen molar-refractivity contribution in [2.45, 2.75) is 52.2 Å². The minimum atomic E-state index is -4.01. The predicted octanol–water partition coefficient (Wildman–Crippen LogP) is 4.16. The van der Waals surface area contributed by atoms with Gasteiger partial charge in [-0.3, -0.25) is 9.59 Å². The van der Waals surface area contributed by atoms with Gasteiger partial charge in [0.2, 0.25) is 11.8 Å². The number of rotatable bonds is 13. The fraction of sp³-hybridized carbons (Fsp3) is 0.355. The lowest BCUT2D eigenvalue weighted by Gasteiger charge is -2.35. The predicted molar refractivity (Wildman–Crippen MR) is 160 cm³/mol. The summed E-state index contributed by atoms with van der Waals surface area (Å²) in [6, 6.07) is 24.9. The van der Waals surface area contributed by atoms with Gasteiger partial charge in [-0.05, 0) is 43.5 Å². The molecule has 2 amide bonds. The molecule has 40 heavy (non-hydrogen) atoms. The quantitative estimate of drug-likeness (QED) is 0.338. The van der Waals surface area contributed by atoms with Gasteiger partial charge in [-0.1, -0.05) is 85.3 Å². The van der Waals surface area contributed by atoms with Crippen LogP contribution < -0.4 is 9.62 Å². The molecule has 0 aliphatic heterocycles. The zero-order valence-corrected chi connectivity index (χ0v) is 24.8. The highest BCUT2D eigenvalue weighted by Crippen LogP contribution is 2.22. The maximum atomic E-state index is 14.2. The summed E-state index contributed by atoms with van der Waals surface area (Å²) in [5.41, 5.74) is 3.18. The van der Waals surface area contributed by atoms with Gasteiger partial charge in [0.1, 0.15) is 12.6 Å². The molecule has 0 saturated heterocycles. The molecule has 0 radical (unpaired) electrons. The summed E-state index contributed by atoms with van der Waals surface area (Å²) >= 11 is 0. The van der Waals surface area contributed by atoms with E-state index in [1.807, 2.05) is 75.4 Å². The van der Waals surface area contributed by atoms with E-state index in [1.165, 1.54) is 19.0 Å². The number of amides is 2. The molecule has 0 heterocycles. The number of aryl methyl sites for hydroxylation is 1. The Hall–Kier alpha value is -3.69. The molecular formula is C31H40N4O4S. The Labute approximate surface area is 238 Å². The third-order valence-corrected chi connectivity index (χ3v) is 8.63. The maximum Gasteiger partial charge on any atom is 0.304 e. The highest BCUT2D eigenvalue weighted by Gasteiger charge is 2.34. The molecule has 3 aromatic rings. The number of carbonyl (C=O) groups is 2. The van der Waals surface area contributed by atoms with Crippen molar-refractivity contribution in [2.24, 2.45) is 0 Å². The van der Waals surface area contributed by atoms with Crippen molar-refractivity contribution in [2.75, 3.05) is 24.9 Å². The minimum absolute atomic E-state index is 0.0861. The van der Waals surface area contributed by atoms with Crippen molar-refractivity contribution >= 4 is 27.7 Å². The van der Waals surface area contributed by atoms with Gasteiger partial charge in [0.25, 0.3) is 0 Å². The lowest BCUT2D eigenvalue weighted by atomic mass is 10.0. The molecule has 3 rings (SSSR count). The Morgan fingerprint density at radius 1 is 0.850 bits per heavy atom. The van der Waals surface area contributed by atoms with E-state index in [2.05, 4.69) is 5.32 Å². The van der Waals surface area contributed by atoms with Crippen LogP contribution in [-0.2, 0) is 32.8 Å². The molecule has 0 saturated carbocycles. The SMILES string of the molecule is CC[C@H](C)NC(=O)[C@@H](Cc1ccccc1)N(Cc1ccc(C)cc1)C(=O)CN(c1ccccc1)S(=O)(=O)N(C)C. The lowest BCUT2D eigenvalue weighted by Crippen LogP contribution is -2.55. The van der Waals surface area contributed by atoms with Crippen LogP contribution in [-0.4, -0.2) is 62.2 Å². The normalized spacial score (nSPS) is 12.9. The molecule has 0 spiro atoms. The Kier molecular flexibility index (Phi) is 10.9. The second kappa shape index (κ2) is 14.1. The second-order valence-electron chi connectivity index (χ2n) is 10.2. The monoisotopic (exact) mass is 564 g/mol. The fourth-order valence-electron chi connectivity index (χ4n) is 4.20. The fourth-order valence-corrected chi connectivity index (χ4v) is 5.25. The summed E-state index contributed by atoms with van der Waals surface area (Å²) in [6.07, 6.45) is 1.02. The van der Waals surface area contributed by atoms with Crippen molar-refractivity contribution in [3.05, 3.63) is 102 Å². The smallest absolute Gasteiger partial charge is 0.304 e. The van der Waals surface area contributed by atoms with Gasteiger partial charge in [0, 0.05) is 33.1 Å². The van der Waals surface area contributed by atoms with Crippen molar-refractivity contribution in [3.63, 3.8) is 0 Å². The number of nitrogens with one attached hydrogen (secondary N) is 1. The van der Waals surface area contributed by atoms with Crippen LogP contribution >= 0.6 is 0 Å². The topological polar surface area (TPSA) is 90.0 Å². The second-order valence-corrected chi connectivity index (χ2v) is 12.2. The summed E-state index contributed by atoms with van der Waals surface area (Å²) in [5, 5.41) is 3.04. The molecule has 214 valence electrons. The lowest BCUT2D eigenvalue weighted by molar-refractivity contribution is -0.140. The largest absolute Gasteiger partial charge is 0.352 e. The Morgan fingerprint density at radius 2 is 1.43 bits per heavy atom. The third-order valence-electron chi connectivity index (χ3n) is 6.81. The standard InChI is InChI=1S/C31H40N4O4S/c1-6-25(3)32-31(37)29(21-26-13-9-7-10-14-26)34(22-27-19-17-24(2)18-20-27)30(36)23-35(40(38,39)33(4)5)28-15-11-8-12-16-28/h7-20,25,29H,6,21-23H2,1-5H3,(H,32,37)/t25-,29+/m0/s1. The average molecular weight is 565 g/mol. The summed E-state index contributed by atoms with van der Waals surface area (Å²) in [4.78, 5) is 29.4. The third kappa shape index (κ3) is 8.16. The first-order valence-electron chi connectivity index (χ1n) is 13.5. The van der Waals surface area contributed by atoms with E-state index in [-0.39, 0.29) is 24.9 Å². The molecule has 0 aliphatic carbocycles. The van der Waals surface area contributed by atoms with Crippen molar-refractivity contribution in [3.8, 4) is 0 Å². The van der Waals surface area contributed by atoms with Gasteiger partial charge < -0.3 is 10.2 Å². The molecule has 2 atom stereocenters. The van der Waals surface area contributed by atoms with E-state index >= 15 is 0 Å². The maximum absolute atomic E-state index is 14.2. The number of para-hydroxylation sites is 1. The first kappa shape index (κ1) is 30.8. The van der Waals surface area contributed by atoms with Crippen LogP contribution in [0.4, 0.5) is 5.69 Å². The highest BCUT2D eigenvalue weighted by molar-refractivity contribution is 7.90. The van der Waals surface area contributed by atoms with Gasteiger partial charge in [-0.15, -0.1) is 0 Å². The molecular weight excluding hydrogens is 524 g/mol. The van der Waals surface area contributed by atoms with Gasteiger partial charge in [0.15, 0.2) is 0 Å². The zero-order valence-electron chi connectivity index (χ0n) is 23.9. The van der Waals surface area contributed by atoms with Crippen LogP contribution in [0.15, 0.2) is 84.9 Å². The molecule has 0 bridgehead atoms. The first-order chi connectivity index (χ1) is 19.0. The number of benzene rings is 3. The molecule has 0 aromatic heterocycles. The van der Waals surface area contributed by atoms with E-state index in [9.17, 15) is 18.0 Å². The molecule has 1 N–H and O–H groups in total. The number of nitrogens with zero attached hydrogens (tertiary/aromatic N) is 3. The first-order valence-corrected chi connectivity index (χ1v) is 14.9. The van der Waals surface area contributed by atoms with Gasteiger partial charge in [-0.2, -0.15) is 12.7 Å². The van der Waals surface area contributed by atoms with Crippen LogP contribution in [0.1, 0.15) is 37.0 Å². The Morgan fingerprint density at radius 3 is 1.98 bits per heavy atom. The van der Waals surface area contributed by atoms with Crippen LogP contribution in [0.2, 0.25) is 0 Å². The number of anilines is 1. The van der Waals surface area contributed by atoms with E-state index in [0.29, 0.717) is 5.69 Å². The van der Waals surface area contributed by atoms with E-state index in [1.54, 1.807) is 30.3 Å². The van der Waals surface area contributed by atoms with Crippen molar-refractivity contribution < 1.29 is 18.0 Å². The number of hydrogen-bond donors (Lipinski definition) is 1. The number of hydrogen-bond acceptors (Lipinski definition) is 4. The van der Waals surface area contributed by atoms with Crippen molar-refractivity contribution in [1.29, 1.82) is 0 Å². The summed E-state index contributed by atoms with van der Waals surface area (Å²) in [6.45, 7) is 5.57. The average Bonchev–Trinajstić information content (AvgIpc) is 2.95. The van der Waals surface area contributed by atoms with Gasteiger partial charge in [0.05, 0.1) is 5.69 Å². The van der Waals surface area contributed by atoms with Crippen LogP contribution in [0.25, 0.3) is 0 Å². The van der Waals surface area contributed by atoms with E-state index < -0.39 is 28.7 Å². The molecule has 8 nitrogen and oxygen atoms in total. The molecule has 0 unspecified atom stereocenters. The molecule has 3 aromatic carbocycles. The molecule has 0 fully saturated rings. The Bertz CT molecular complexity index is 1350.